The zero-order chi connectivity index (χ0) is 37.5. The average Bonchev–Trinajstić information content (AvgIpc) is 3.95. The monoisotopic (exact) mass is 744 g/mol. The van der Waals surface area contributed by atoms with Crippen LogP contribution in [0, 0.1) is 0 Å². The molecule has 0 saturated carbocycles. The van der Waals surface area contributed by atoms with Gasteiger partial charge in [0.05, 0.1) is 32.5 Å². The Hall–Kier alpha value is -7.34. The van der Waals surface area contributed by atoms with E-state index in [0.29, 0.717) is 5.82 Å². The fourth-order valence-corrected chi connectivity index (χ4v) is 10.1. The van der Waals surface area contributed by atoms with Crippen molar-refractivity contribution in [1.29, 1.82) is 0 Å². The molecule has 0 radical (unpaired) electrons. The largest absolute Gasteiger partial charge is 0.308 e. The van der Waals surface area contributed by atoms with Crippen LogP contribution in [0.3, 0.4) is 0 Å². The number of fused-ring (bicyclic) bond motifs is 10. The minimum atomic E-state index is 0.698. The SMILES string of the molecule is c1ccc(-c2cc(-n3c4ccccc4c4cc(-c5cc6c7ccccc7n(-c7ccccc7)c6c6sc7ccccc7c56)ccc43)nc(-c3ccccc3)n2)cc1. The quantitative estimate of drug-likeness (QED) is 0.176. The Morgan fingerprint density at radius 3 is 1.75 bits per heavy atom. The average molecular weight is 745 g/mol. The maximum absolute atomic E-state index is 5.26. The third kappa shape index (κ3) is 4.93. The van der Waals surface area contributed by atoms with Gasteiger partial charge >= 0.3 is 0 Å². The molecule has 0 N–H and O–H groups in total. The highest BCUT2D eigenvalue weighted by Gasteiger charge is 2.23. The molecule has 57 heavy (non-hydrogen) atoms. The highest BCUT2D eigenvalue weighted by Crippen LogP contribution is 2.48. The van der Waals surface area contributed by atoms with Crippen molar-refractivity contribution >= 4 is 75.1 Å². The molecule has 266 valence electrons. The lowest BCUT2D eigenvalue weighted by molar-refractivity contribution is 1.05. The summed E-state index contributed by atoms with van der Waals surface area (Å²) < 4.78 is 7.35. The first-order chi connectivity index (χ1) is 28.3. The Morgan fingerprint density at radius 1 is 0.404 bits per heavy atom. The topological polar surface area (TPSA) is 35.6 Å². The second kappa shape index (κ2) is 12.6. The van der Waals surface area contributed by atoms with E-state index in [1.807, 2.05) is 35.6 Å². The molecule has 0 atom stereocenters. The fourth-order valence-electron chi connectivity index (χ4n) is 8.81. The number of hydrogen-bond acceptors (Lipinski definition) is 3. The molecule has 0 saturated heterocycles. The van der Waals surface area contributed by atoms with Gasteiger partial charge in [0.25, 0.3) is 0 Å². The maximum atomic E-state index is 5.26. The molecule has 0 aliphatic rings. The molecule has 12 aromatic rings. The van der Waals surface area contributed by atoms with Crippen LogP contribution >= 0.6 is 11.3 Å². The van der Waals surface area contributed by atoms with Gasteiger partial charge in [-0.05, 0) is 59.7 Å². The molecule has 4 heterocycles. The van der Waals surface area contributed by atoms with E-state index in [1.54, 1.807) is 0 Å². The van der Waals surface area contributed by atoms with E-state index in [1.165, 1.54) is 69.6 Å². The smallest absolute Gasteiger partial charge is 0.162 e. The zero-order valence-electron chi connectivity index (χ0n) is 30.7. The Balaban J connectivity index is 1.15. The van der Waals surface area contributed by atoms with Gasteiger partial charge in [0, 0.05) is 59.9 Å². The summed E-state index contributed by atoms with van der Waals surface area (Å²) in [7, 11) is 0. The summed E-state index contributed by atoms with van der Waals surface area (Å²) in [5, 5.41) is 7.45. The van der Waals surface area contributed by atoms with Crippen molar-refractivity contribution in [2.45, 2.75) is 0 Å². The van der Waals surface area contributed by atoms with Crippen LogP contribution in [-0.4, -0.2) is 19.1 Å². The van der Waals surface area contributed by atoms with E-state index in [2.05, 4.69) is 179 Å². The Kier molecular flexibility index (Phi) is 7.06. The molecule has 4 nitrogen and oxygen atoms in total. The van der Waals surface area contributed by atoms with Gasteiger partial charge in [-0.15, -0.1) is 11.3 Å². The van der Waals surface area contributed by atoms with Crippen LogP contribution < -0.4 is 0 Å². The first-order valence-corrected chi connectivity index (χ1v) is 20.1. The van der Waals surface area contributed by atoms with Gasteiger partial charge in [-0.2, -0.15) is 0 Å². The van der Waals surface area contributed by atoms with Crippen molar-refractivity contribution in [2.75, 3.05) is 0 Å². The molecule has 0 unspecified atom stereocenters. The molecule has 0 aliphatic carbocycles. The third-order valence-corrected chi connectivity index (χ3v) is 12.5. The fraction of sp³-hybridized carbons (Fsp3) is 0. The number of aromatic nitrogens is 4. The molecule has 0 aliphatic heterocycles. The van der Waals surface area contributed by atoms with Crippen molar-refractivity contribution in [2.24, 2.45) is 0 Å². The van der Waals surface area contributed by atoms with E-state index in [9.17, 15) is 0 Å². The van der Waals surface area contributed by atoms with Crippen LogP contribution in [-0.2, 0) is 0 Å². The highest BCUT2D eigenvalue weighted by molar-refractivity contribution is 7.26. The number of rotatable bonds is 5. The Morgan fingerprint density at radius 2 is 1.00 bits per heavy atom. The minimum Gasteiger partial charge on any atom is -0.308 e. The van der Waals surface area contributed by atoms with Gasteiger partial charge in [0.1, 0.15) is 5.82 Å². The Labute approximate surface area is 332 Å². The standard InChI is InChI=1S/C52H32N4S/c1-4-16-33(17-5-1)43-32-48(54-52(53-43)34-18-6-2-7-19-34)56-45-26-14-10-22-37(45)41-30-35(28-29-46(41)56)40-31-42-38-23-11-13-25-44(38)55(36-20-8-3-9-21-36)50(42)51-49(40)39-24-12-15-27-47(39)57-51/h1-32H. The van der Waals surface area contributed by atoms with E-state index in [0.717, 1.165) is 33.7 Å². The van der Waals surface area contributed by atoms with Gasteiger partial charge in [-0.1, -0.05) is 140 Å². The molecular formula is C52H32N4S. The number of thiophene rings is 1. The van der Waals surface area contributed by atoms with Crippen LogP contribution in [0.15, 0.2) is 194 Å². The highest BCUT2D eigenvalue weighted by atomic mass is 32.1. The molecule has 0 spiro atoms. The molecule has 5 heteroatoms. The third-order valence-electron chi connectivity index (χ3n) is 11.3. The van der Waals surface area contributed by atoms with Gasteiger partial charge in [-0.25, -0.2) is 9.97 Å². The predicted molar refractivity (Wildman–Crippen MR) is 240 cm³/mol. The normalized spacial score (nSPS) is 11.9. The zero-order valence-corrected chi connectivity index (χ0v) is 31.5. The van der Waals surface area contributed by atoms with Gasteiger partial charge in [-0.3, -0.25) is 4.57 Å². The molecule has 4 aromatic heterocycles. The van der Waals surface area contributed by atoms with Crippen molar-refractivity contribution < 1.29 is 0 Å². The molecule has 0 bridgehead atoms. The van der Waals surface area contributed by atoms with Crippen LogP contribution in [0.2, 0.25) is 0 Å². The van der Waals surface area contributed by atoms with Crippen molar-refractivity contribution in [3.05, 3.63) is 194 Å². The predicted octanol–water partition coefficient (Wildman–Crippen LogP) is 14.0. The maximum Gasteiger partial charge on any atom is 0.162 e. The summed E-state index contributed by atoms with van der Waals surface area (Å²) in [6, 6.07) is 69.4. The summed E-state index contributed by atoms with van der Waals surface area (Å²) in [6.45, 7) is 0. The molecule has 0 fully saturated rings. The summed E-state index contributed by atoms with van der Waals surface area (Å²) >= 11 is 1.89. The molecular weight excluding hydrogens is 713 g/mol. The van der Waals surface area contributed by atoms with Crippen LogP contribution in [0.25, 0.3) is 109 Å². The number of para-hydroxylation sites is 3. The van der Waals surface area contributed by atoms with Crippen molar-refractivity contribution in [3.8, 4) is 45.3 Å². The van der Waals surface area contributed by atoms with Crippen LogP contribution in [0.5, 0.6) is 0 Å². The van der Waals surface area contributed by atoms with Crippen LogP contribution in [0.4, 0.5) is 0 Å². The van der Waals surface area contributed by atoms with Crippen LogP contribution in [0.1, 0.15) is 0 Å². The summed E-state index contributed by atoms with van der Waals surface area (Å²) in [4.78, 5) is 10.4. The molecule has 8 aromatic carbocycles. The minimum absolute atomic E-state index is 0.698. The molecule has 12 rings (SSSR count). The number of nitrogens with zero attached hydrogens (tertiary/aromatic N) is 4. The second-order valence-corrected chi connectivity index (χ2v) is 15.6. The van der Waals surface area contributed by atoms with Crippen molar-refractivity contribution in [3.63, 3.8) is 0 Å². The van der Waals surface area contributed by atoms with E-state index in [4.69, 9.17) is 9.97 Å². The van der Waals surface area contributed by atoms with Gasteiger partial charge in [0.15, 0.2) is 5.82 Å². The summed E-state index contributed by atoms with van der Waals surface area (Å²) in [5.74, 6) is 1.53. The summed E-state index contributed by atoms with van der Waals surface area (Å²) in [6.07, 6.45) is 0. The summed E-state index contributed by atoms with van der Waals surface area (Å²) in [5.41, 5.74) is 11.2. The lowest BCUT2D eigenvalue weighted by Gasteiger charge is -2.13. The lowest BCUT2D eigenvalue weighted by atomic mass is 9.95. The van der Waals surface area contributed by atoms with E-state index >= 15 is 0 Å². The van der Waals surface area contributed by atoms with E-state index in [-0.39, 0.29) is 0 Å². The second-order valence-electron chi connectivity index (χ2n) is 14.6. The van der Waals surface area contributed by atoms with Gasteiger partial charge < -0.3 is 4.57 Å². The number of benzene rings is 8. The van der Waals surface area contributed by atoms with Crippen molar-refractivity contribution in [1.82, 2.24) is 19.1 Å². The Bertz CT molecular complexity index is 3450. The first kappa shape index (κ1) is 32.0. The first-order valence-electron chi connectivity index (χ1n) is 19.3. The lowest BCUT2D eigenvalue weighted by Crippen LogP contribution is -2.02. The number of hydrogen-bond donors (Lipinski definition) is 0. The molecule has 0 amide bonds. The van der Waals surface area contributed by atoms with Gasteiger partial charge in [0.2, 0.25) is 0 Å². The van der Waals surface area contributed by atoms with E-state index < -0.39 is 0 Å².